The van der Waals surface area contributed by atoms with Crippen LogP contribution in [0.15, 0.2) is 22.7 Å². The predicted molar refractivity (Wildman–Crippen MR) is 50.4 cm³/mol. The molecule has 0 atom stereocenters. The second-order valence-electron chi connectivity index (χ2n) is 2.68. The van der Waals surface area contributed by atoms with Crippen molar-refractivity contribution in [1.82, 2.24) is 5.16 Å². The summed E-state index contributed by atoms with van der Waals surface area (Å²) in [6.07, 6.45) is 0. The van der Waals surface area contributed by atoms with Crippen molar-refractivity contribution in [2.24, 2.45) is 0 Å². The summed E-state index contributed by atoms with van der Waals surface area (Å²) >= 11 is 5.74. The minimum atomic E-state index is -0.413. The third kappa shape index (κ3) is 1.33. The molecule has 0 unspecified atom stereocenters. The first kappa shape index (κ1) is 9.02. The summed E-state index contributed by atoms with van der Waals surface area (Å²) in [6.45, 7) is 0. The van der Waals surface area contributed by atoms with Gasteiger partial charge in [-0.05, 0) is 18.2 Å². The Morgan fingerprint density at radius 2 is 2.36 bits per heavy atom. The molecule has 14 heavy (non-hydrogen) atoms. The van der Waals surface area contributed by atoms with Crippen LogP contribution in [0.25, 0.3) is 11.0 Å². The second-order valence-corrected chi connectivity index (χ2v) is 3.03. The number of hydrogen-bond acceptors (Lipinski definition) is 4. The van der Waals surface area contributed by atoms with Crippen molar-refractivity contribution >= 4 is 28.5 Å². The Hall–Kier alpha value is -1.55. The van der Waals surface area contributed by atoms with Gasteiger partial charge in [-0.2, -0.15) is 0 Å². The Morgan fingerprint density at radius 1 is 1.57 bits per heavy atom. The molecular formula is C9H6ClNO3. The van der Waals surface area contributed by atoms with Crippen LogP contribution in [0.4, 0.5) is 0 Å². The molecule has 0 aliphatic heterocycles. The topological polar surface area (TPSA) is 52.3 Å². The van der Waals surface area contributed by atoms with Crippen molar-refractivity contribution in [1.29, 1.82) is 0 Å². The lowest BCUT2D eigenvalue weighted by Crippen LogP contribution is -2.00. The fourth-order valence-electron chi connectivity index (χ4n) is 1.15. The molecule has 0 bridgehead atoms. The van der Waals surface area contributed by atoms with E-state index in [4.69, 9.17) is 16.1 Å². The number of halogens is 1. The summed E-state index contributed by atoms with van der Waals surface area (Å²) in [5.41, 5.74) is 0.966. The molecule has 0 amide bonds. The Labute approximate surface area is 84.4 Å². The van der Waals surface area contributed by atoms with Crippen LogP contribution in [-0.2, 0) is 4.74 Å². The van der Waals surface area contributed by atoms with Crippen molar-refractivity contribution in [2.45, 2.75) is 0 Å². The first-order chi connectivity index (χ1) is 6.72. The van der Waals surface area contributed by atoms with Crippen LogP contribution in [-0.4, -0.2) is 18.2 Å². The molecule has 2 aromatic rings. The Morgan fingerprint density at radius 3 is 3.07 bits per heavy atom. The van der Waals surface area contributed by atoms with E-state index in [1.807, 2.05) is 0 Å². The fraction of sp³-hybridized carbons (Fsp3) is 0.111. The van der Waals surface area contributed by atoms with Crippen LogP contribution in [0.5, 0.6) is 0 Å². The SMILES string of the molecule is COC(=O)c1ccc2onc(Cl)c2c1. The molecule has 1 aromatic carbocycles. The molecule has 0 saturated heterocycles. The lowest BCUT2D eigenvalue weighted by molar-refractivity contribution is 0.0601. The second kappa shape index (κ2) is 3.31. The number of rotatable bonds is 1. The number of methoxy groups -OCH3 is 1. The van der Waals surface area contributed by atoms with Crippen molar-refractivity contribution in [3.05, 3.63) is 28.9 Å². The average Bonchev–Trinajstić information content (AvgIpc) is 2.59. The van der Waals surface area contributed by atoms with Crippen LogP contribution in [0, 0.1) is 0 Å². The van der Waals surface area contributed by atoms with Gasteiger partial charge in [0.05, 0.1) is 18.1 Å². The van der Waals surface area contributed by atoms with Crippen molar-refractivity contribution in [3.63, 3.8) is 0 Å². The number of esters is 1. The number of aromatic nitrogens is 1. The van der Waals surface area contributed by atoms with E-state index in [0.717, 1.165) is 0 Å². The number of fused-ring (bicyclic) bond motifs is 1. The van der Waals surface area contributed by atoms with E-state index >= 15 is 0 Å². The van der Waals surface area contributed by atoms with Gasteiger partial charge in [-0.25, -0.2) is 4.79 Å². The minimum Gasteiger partial charge on any atom is -0.465 e. The quantitative estimate of drug-likeness (QED) is 0.679. The predicted octanol–water partition coefficient (Wildman–Crippen LogP) is 2.27. The fourth-order valence-corrected chi connectivity index (χ4v) is 1.34. The lowest BCUT2D eigenvalue weighted by atomic mass is 10.2. The third-order valence-corrected chi connectivity index (χ3v) is 2.12. The third-order valence-electron chi connectivity index (χ3n) is 1.85. The van der Waals surface area contributed by atoms with Gasteiger partial charge < -0.3 is 9.26 Å². The van der Waals surface area contributed by atoms with E-state index in [1.165, 1.54) is 7.11 Å². The zero-order valence-corrected chi connectivity index (χ0v) is 8.04. The Bertz CT molecular complexity index is 492. The molecule has 0 N–H and O–H groups in total. The molecule has 0 fully saturated rings. The van der Waals surface area contributed by atoms with Gasteiger partial charge in [-0.3, -0.25) is 0 Å². The average molecular weight is 212 g/mol. The van der Waals surface area contributed by atoms with Gasteiger partial charge in [-0.1, -0.05) is 16.8 Å². The highest BCUT2D eigenvalue weighted by Gasteiger charge is 2.10. The van der Waals surface area contributed by atoms with Crippen LogP contribution in [0.2, 0.25) is 5.15 Å². The van der Waals surface area contributed by atoms with Gasteiger partial charge in [-0.15, -0.1) is 0 Å². The number of ether oxygens (including phenoxy) is 1. The number of nitrogens with zero attached hydrogens (tertiary/aromatic N) is 1. The monoisotopic (exact) mass is 211 g/mol. The maximum atomic E-state index is 11.2. The molecular weight excluding hydrogens is 206 g/mol. The summed E-state index contributed by atoms with van der Waals surface area (Å²) in [5.74, 6) is -0.413. The smallest absolute Gasteiger partial charge is 0.337 e. The molecule has 0 radical (unpaired) electrons. The van der Waals surface area contributed by atoms with E-state index in [9.17, 15) is 4.79 Å². The zero-order chi connectivity index (χ0) is 10.1. The Balaban J connectivity index is 2.60. The summed E-state index contributed by atoms with van der Waals surface area (Å²) in [5, 5.41) is 4.41. The highest BCUT2D eigenvalue weighted by Crippen LogP contribution is 2.23. The molecule has 2 rings (SSSR count). The van der Waals surface area contributed by atoms with Crippen molar-refractivity contribution < 1.29 is 14.1 Å². The van der Waals surface area contributed by atoms with Gasteiger partial charge in [0.1, 0.15) is 0 Å². The largest absolute Gasteiger partial charge is 0.465 e. The Kier molecular flexibility index (Phi) is 2.13. The molecule has 0 spiro atoms. The highest BCUT2D eigenvalue weighted by atomic mass is 35.5. The summed E-state index contributed by atoms with van der Waals surface area (Å²) < 4.78 is 9.45. The molecule has 1 heterocycles. The van der Waals surface area contributed by atoms with Crippen LogP contribution >= 0.6 is 11.6 Å². The maximum Gasteiger partial charge on any atom is 0.337 e. The van der Waals surface area contributed by atoms with Crippen LogP contribution in [0.3, 0.4) is 0 Å². The van der Waals surface area contributed by atoms with E-state index in [2.05, 4.69) is 9.89 Å². The summed E-state index contributed by atoms with van der Waals surface area (Å²) in [4.78, 5) is 11.2. The van der Waals surface area contributed by atoms with Gasteiger partial charge in [0.15, 0.2) is 10.7 Å². The highest BCUT2D eigenvalue weighted by molar-refractivity contribution is 6.34. The van der Waals surface area contributed by atoms with E-state index in [-0.39, 0.29) is 5.15 Å². The normalized spacial score (nSPS) is 10.4. The van der Waals surface area contributed by atoms with Gasteiger partial charge in [0.2, 0.25) is 0 Å². The molecule has 0 aliphatic rings. The van der Waals surface area contributed by atoms with Crippen LogP contribution < -0.4 is 0 Å². The number of carbonyl (C=O) groups excluding carboxylic acids is 1. The first-order valence-electron chi connectivity index (χ1n) is 3.85. The maximum absolute atomic E-state index is 11.2. The standard InChI is InChI=1S/C9H6ClNO3/c1-13-9(12)5-2-3-7-6(4-5)8(10)11-14-7/h2-4H,1H3. The number of hydrogen-bond donors (Lipinski definition) is 0. The van der Waals surface area contributed by atoms with Gasteiger partial charge in [0.25, 0.3) is 0 Å². The van der Waals surface area contributed by atoms with Crippen molar-refractivity contribution in [3.8, 4) is 0 Å². The molecule has 1 aromatic heterocycles. The molecule has 0 aliphatic carbocycles. The minimum absolute atomic E-state index is 0.241. The summed E-state index contributed by atoms with van der Waals surface area (Å²) in [7, 11) is 1.32. The zero-order valence-electron chi connectivity index (χ0n) is 7.28. The van der Waals surface area contributed by atoms with Crippen LogP contribution in [0.1, 0.15) is 10.4 Å². The van der Waals surface area contributed by atoms with Gasteiger partial charge >= 0.3 is 5.97 Å². The molecule has 0 saturated carbocycles. The van der Waals surface area contributed by atoms with E-state index in [0.29, 0.717) is 16.5 Å². The van der Waals surface area contributed by atoms with E-state index in [1.54, 1.807) is 18.2 Å². The van der Waals surface area contributed by atoms with E-state index < -0.39 is 5.97 Å². The molecule has 4 nitrogen and oxygen atoms in total. The molecule has 5 heteroatoms. The van der Waals surface area contributed by atoms with Gasteiger partial charge in [0, 0.05) is 0 Å². The molecule has 72 valence electrons. The lowest BCUT2D eigenvalue weighted by Gasteiger charge is -1.97. The first-order valence-corrected chi connectivity index (χ1v) is 4.23. The van der Waals surface area contributed by atoms with Crippen molar-refractivity contribution in [2.75, 3.05) is 7.11 Å². The summed E-state index contributed by atoms with van der Waals surface area (Å²) in [6, 6.07) is 4.80. The number of benzene rings is 1. The number of carbonyl (C=O) groups is 1.